The Morgan fingerprint density at radius 1 is 1.25 bits per heavy atom. The Hall–Kier alpha value is -2.45. The highest BCUT2D eigenvalue weighted by atomic mass is 16.3. The van der Waals surface area contributed by atoms with E-state index in [2.05, 4.69) is 49.6 Å². The number of hydrogen-bond donors (Lipinski definition) is 2. The normalized spacial score (nSPS) is 16.4. The first kappa shape index (κ1) is 20.3. The van der Waals surface area contributed by atoms with E-state index in [0.717, 1.165) is 44.3 Å². The molecule has 8 nitrogen and oxygen atoms in total. The van der Waals surface area contributed by atoms with Crippen molar-refractivity contribution in [1.82, 2.24) is 29.9 Å². The number of aromatic nitrogens is 3. The molecule has 0 bridgehead atoms. The number of aliphatic hydroxyl groups is 1. The maximum Gasteiger partial charge on any atom is 0.194 e. The SMILES string of the molecule is CN=C(NCc1ccc(CN2CCC(O)CC2)cc1)N(C)Cc1ncnn1C. The molecule has 1 aromatic heterocycles. The Labute approximate surface area is 166 Å². The molecule has 2 heterocycles. The van der Waals surface area contributed by atoms with Crippen LogP contribution in [0.4, 0.5) is 0 Å². The molecular weight excluding hydrogens is 354 g/mol. The Bertz CT molecular complexity index is 763. The first-order chi connectivity index (χ1) is 13.5. The fourth-order valence-corrected chi connectivity index (χ4v) is 3.41. The Kier molecular flexibility index (Phi) is 7.00. The van der Waals surface area contributed by atoms with Crippen molar-refractivity contribution in [2.24, 2.45) is 12.0 Å². The van der Waals surface area contributed by atoms with E-state index in [-0.39, 0.29) is 6.10 Å². The molecule has 0 atom stereocenters. The number of aryl methyl sites for hydroxylation is 1. The minimum Gasteiger partial charge on any atom is -0.393 e. The summed E-state index contributed by atoms with van der Waals surface area (Å²) < 4.78 is 1.77. The summed E-state index contributed by atoms with van der Waals surface area (Å²) in [5.74, 6) is 1.71. The van der Waals surface area contributed by atoms with Crippen LogP contribution in [-0.2, 0) is 26.7 Å². The Morgan fingerprint density at radius 3 is 2.54 bits per heavy atom. The largest absolute Gasteiger partial charge is 0.393 e. The number of rotatable bonds is 6. The zero-order valence-electron chi connectivity index (χ0n) is 17.0. The third-order valence-electron chi connectivity index (χ3n) is 5.19. The molecule has 0 aliphatic carbocycles. The number of guanidine groups is 1. The lowest BCUT2D eigenvalue weighted by molar-refractivity contribution is 0.0792. The van der Waals surface area contributed by atoms with Gasteiger partial charge in [-0.15, -0.1) is 0 Å². The van der Waals surface area contributed by atoms with Crippen molar-refractivity contribution in [3.63, 3.8) is 0 Å². The minimum absolute atomic E-state index is 0.120. The van der Waals surface area contributed by atoms with E-state index >= 15 is 0 Å². The van der Waals surface area contributed by atoms with E-state index in [4.69, 9.17) is 0 Å². The number of piperidine rings is 1. The molecule has 0 amide bonds. The van der Waals surface area contributed by atoms with E-state index in [1.807, 2.05) is 19.0 Å². The number of benzene rings is 1. The summed E-state index contributed by atoms with van der Waals surface area (Å²) in [6.45, 7) is 4.24. The second-order valence-electron chi connectivity index (χ2n) is 7.38. The van der Waals surface area contributed by atoms with Gasteiger partial charge in [0.15, 0.2) is 5.96 Å². The molecule has 1 aliphatic rings. The Morgan fingerprint density at radius 2 is 1.93 bits per heavy atom. The maximum absolute atomic E-state index is 9.62. The molecule has 0 unspecified atom stereocenters. The molecule has 2 N–H and O–H groups in total. The predicted molar refractivity (Wildman–Crippen MR) is 110 cm³/mol. The van der Waals surface area contributed by atoms with Crippen molar-refractivity contribution >= 4 is 5.96 Å². The van der Waals surface area contributed by atoms with Crippen LogP contribution in [0, 0.1) is 0 Å². The smallest absolute Gasteiger partial charge is 0.194 e. The third kappa shape index (κ3) is 5.53. The lowest BCUT2D eigenvalue weighted by atomic mass is 10.1. The van der Waals surface area contributed by atoms with Crippen LogP contribution in [0.15, 0.2) is 35.6 Å². The number of nitrogens with one attached hydrogen (secondary N) is 1. The molecule has 0 radical (unpaired) electrons. The first-order valence-corrected chi connectivity index (χ1v) is 9.78. The molecule has 3 rings (SSSR count). The van der Waals surface area contributed by atoms with Crippen molar-refractivity contribution in [2.75, 3.05) is 27.2 Å². The van der Waals surface area contributed by atoms with Gasteiger partial charge >= 0.3 is 0 Å². The van der Waals surface area contributed by atoms with Gasteiger partial charge in [-0.3, -0.25) is 14.6 Å². The third-order valence-corrected chi connectivity index (χ3v) is 5.19. The first-order valence-electron chi connectivity index (χ1n) is 9.78. The van der Waals surface area contributed by atoms with Gasteiger partial charge in [-0.25, -0.2) is 4.98 Å². The van der Waals surface area contributed by atoms with E-state index in [9.17, 15) is 5.11 Å². The standard InChI is InChI=1S/C20H31N7O/c1-21-20(25(2)14-19-23-15-24-26(19)3)22-12-16-4-6-17(7-5-16)13-27-10-8-18(28)9-11-27/h4-7,15,18,28H,8-14H2,1-3H3,(H,21,22). The van der Waals surface area contributed by atoms with Gasteiger partial charge in [-0.2, -0.15) is 5.10 Å². The highest BCUT2D eigenvalue weighted by Crippen LogP contribution is 2.14. The number of aliphatic imine (C=N–C) groups is 1. The highest BCUT2D eigenvalue weighted by molar-refractivity contribution is 5.79. The van der Waals surface area contributed by atoms with Gasteiger partial charge in [-0.05, 0) is 24.0 Å². The van der Waals surface area contributed by atoms with E-state index in [1.165, 1.54) is 11.1 Å². The number of hydrogen-bond acceptors (Lipinski definition) is 5. The van der Waals surface area contributed by atoms with Crippen LogP contribution in [-0.4, -0.2) is 68.9 Å². The quantitative estimate of drug-likeness (QED) is 0.570. The van der Waals surface area contributed by atoms with Gasteiger partial charge in [0.2, 0.25) is 0 Å². The van der Waals surface area contributed by atoms with Gasteiger partial charge in [0.05, 0.1) is 12.6 Å². The average molecular weight is 386 g/mol. The molecule has 28 heavy (non-hydrogen) atoms. The van der Waals surface area contributed by atoms with Crippen LogP contribution in [0.1, 0.15) is 29.8 Å². The van der Waals surface area contributed by atoms with Gasteiger partial charge in [0, 0.05) is 47.3 Å². The zero-order valence-corrected chi connectivity index (χ0v) is 17.0. The summed E-state index contributed by atoms with van der Waals surface area (Å²) in [4.78, 5) is 13.1. The van der Waals surface area contributed by atoms with Crippen LogP contribution in [0.25, 0.3) is 0 Å². The molecule has 1 aromatic carbocycles. The topological polar surface area (TPSA) is 81.8 Å². The number of nitrogens with zero attached hydrogens (tertiary/aromatic N) is 6. The molecule has 8 heteroatoms. The van der Waals surface area contributed by atoms with Crippen molar-refractivity contribution in [2.45, 2.75) is 38.6 Å². The average Bonchev–Trinajstić information content (AvgIpc) is 3.10. The van der Waals surface area contributed by atoms with E-state index in [1.54, 1.807) is 18.1 Å². The maximum atomic E-state index is 9.62. The summed E-state index contributed by atoms with van der Waals surface area (Å²) >= 11 is 0. The predicted octanol–water partition coefficient (Wildman–Crippen LogP) is 0.979. The second-order valence-corrected chi connectivity index (χ2v) is 7.38. The fraction of sp³-hybridized carbons (Fsp3) is 0.550. The molecule has 1 saturated heterocycles. The van der Waals surface area contributed by atoms with Crippen molar-refractivity contribution in [1.29, 1.82) is 0 Å². The summed E-state index contributed by atoms with van der Waals surface area (Å²) in [7, 11) is 5.66. The Balaban J connectivity index is 1.48. The molecule has 1 aliphatic heterocycles. The summed E-state index contributed by atoms with van der Waals surface area (Å²) in [6, 6.07) is 8.70. The van der Waals surface area contributed by atoms with E-state index < -0.39 is 0 Å². The molecule has 0 saturated carbocycles. The van der Waals surface area contributed by atoms with Crippen molar-refractivity contribution in [3.8, 4) is 0 Å². The molecular formula is C20H31N7O. The zero-order chi connectivity index (χ0) is 19.9. The molecule has 152 valence electrons. The van der Waals surface area contributed by atoms with Crippen molar-refractivity contribution in [3.05, 3.63) is 47.5 Å². The van der Waals surface area contributed by atoms with Crippen LogP contribution in [0.2, 0.25) is 0 Å². The van der Waals surface area contributed by atoms with Crippen LogP contribution in [0.5, 0.6) is 0 Å². The lowest BCUT2D eigenvalue weighted by Gasteiger charge is -2.29. The molecule has 2 aromatic rings. The monoisotopic (exact) mass is 385 g/mol. The van der Waals surface area contributed by atoms with Gasteiger partial charge < -0.3 is 15.3 Å². The minimum atomic E-state index is -0.120. The van der Waals surface area contributed by atoms with Gasteiger partial charge in [-0.1, -0.05) is 24.3 Å². The van der Waals surface area contributed by atoms with Gasteiger partial charge in [0.1, 0.15) is 12.2 Å². The summed E-state index contributed by atoms with van der Waals surface area (Å²) in [5.41, 5.74) is 2.52. The van der Waals surface area contributed by atoms with Crippen molar-refractivity contribution < 1.29 is 5.11 Å². The van der Waals surface area contributed by atoms with Crippen LogP contribution in [0.3, 0.4) is 0 Å². The van der Waals surface area contributed by atoms with E-state index in [0.29, 0.717) is 13.1 Å². The molecule has 1 fully saturated rings. The van der Waals surface area contributed by atoms with Gasteiger partial charge in [0.25, 0.3) is 0 Å². The molecule has 0 spiro atoms. The number of aliphatic hydroxyl groups excluding tert-OH is 1. The second kappa shape index (κ2) is 9.66. The summed E-state index contributed by atoms with van der Waals surface area (Å²) in [5, 5.41) is 17.1. The lowest BCUT2D eigenvalue weighted by Crippen LogP contribution is -2.38. The fourth-order valence-electron chi connectivity index (χ4n) is 3.41. The van der Waals surface area contributed by atoms with Crippen LogP contribution < -0.4 is 5.32 Å². The van der Waals surface area contributed by atoms with Crippen LogP contribution >= 0.6 is 0 Å². The number of likely N-dealkylation sites (tertiary alicyclic amines) is 1. The highest BCUT2D eigenvalue weighted by Gasteiger charge is 2.16. The summed E-state index contributed by atoms with van der Waals surface area (Å²) in [6.07, 6.45) is 3.20.